The average Bonchev–Trinajstić information content (AvgIpc) is 3.20. The molecule has 4 aliphatic rings. The van der Waals surface area contributed by atoms with Gasteiger partial charge >= 0.3 is 0 Å². The number of amides is 2. The van der Waals surface area contributed by atoms with E-state index in [-0.39, 0.29) is 24.2 Å². The third-order valence-corrected chi connectivity index (χ3v) is 7.42. The topological polar surface area (TPSA) is 62.3 Å². The Bertz CT molecular complexity index is 842. The second-order valence-electron chi connectivity index (χ2n) is 9.45. The second kappa shape index (κ2) is 8.69. The summed E-state index contributed by atoms with van der Waals surface area (Å²) in [6.45, 7) is 4.70. The maximum absolute atomic E-state index is 13.2. The molecule has 5 rings (SSSR count). The molecule has 168 valence electrons. The van der Waals surface area contributed by atoms with E-state index in [0.29, 0.717) is 43.2 Å². The molecular formula is C24H33N3O4. The minimum atomic E-state index is -0.281. The first kappa shape index (κ1) is 20.6. The SMILES string of the molecule is CN(C[C@@H]1CCCN2CCCC[C@H]12)C(=O)C1CC(=O)N(c2ccc3c(c2)OCCO3)C1. The maximum Gasteiger partial charge on any atom is 0.227 e. The van der Waals surface area contributed by atoms with Crippen molar-refractivity contribution in [1.29, 1.82) is 0 Å². The zero-order valence-corrected chi connectivity index (χ0v) is 18.4. The fourth-order valence-corrected chi connectivity index (χ4v) is 5.87. The molecule has 7 heteroatoms. The van der Waals surface area contributed by atoms with Crippen LogP contribution in [-0.2, 0) is 9.59 Å². The summed E-state index contributed by atoms with van der Waals surface area (Å²) in [7, 11) is 1.92. The normalized spacial score (nSPS) is 28.4. The second-order valence-corrected chi connectivity index (χ2v) is 9.45. The first-order valence-corrected chi connectivity index (χ1v) is 11.8. The fraction of sp³-hybridized carbons (Fsp3) is 0.667. The maximum atomic E-state index is 13.2. The van der Waals surface area contributed by atoms with Crippen molar-refractivity contribution >= 4 is 17.5 Å². The smallest absolute Gasteiger partial charge is 0.227 e. The van der Waals surface area contributed by atoms with Crippen LogP contribution in [0.5, 0.6) is 11.5 Å². The van der Waals surface area contributed by atoms with E-state index in [9.17, 15) is 9.59 Å². The number of carbonyl (C=O) groups is 2. The van der Waals surface area contributed by atoms with E-state index in [0.717, 1.165) is 12.2 Å². The summed E-state index contributed by atoms with van der Waals surface area (Å²) in [6.07, 6.45) is 6.56. The Labute approximate surface area is 184 Å². The van der Waals surface area contributed by atoms with Gasteiger partial charge < -0.3 is 24.2 Å². The molecule has 3 atom stereocenters. The molecule has 0 aliphatic carbocycles. The Kier molecular flexibility index (Phi) is 5.78. The van der Waals surface area contributed by atoms with Crippen molar-refractivity contribution in [2.24, 2.45) is 11.8 Å². The number of fused-ring (bicyclic) bond motifs is 2. The zero-order chi connectivity index (χ0) is 21.4. The van der Waals surface area contributed by atoms with Crippen LogP contribution in [0.4, 0.5) is 5.69 Å². The summed E-state index contributed by atoms with van der Waals surface area (Å²) in [6, 6.07) is 6.19. The summed E-state index contributed by atoms with van der Waals surface area (Å²) < 4.78 is 11.2. The largest absolute Gasteiger partial charge is 0.486 e. The number of anilines is 1. The van der Waals surface area contributed by atoms with Crippen LogP contribution in [0.3, 0.4) is 0 Å². The molecule has 3 fully saturated rings. The monoisotopic (exact) mass is 427 g/mol. The molecular weight excluding hydrogens is 394 g/mol. The Hall–Kier alpha value is -2.28. The number of piperidine rings is 2. The first-order valence-electron chi connectivity index (χ1n) is 11.8. The lowest BCUT2D eigenvalue weighted by Gasteiger charge is -2.45. The molecule has 0 bridgehead atoms. The van der Waals surface area contributed by atoms with Crippen LogP contribution < -0.4 is 14.4 Å². The van der Waals surface area contributed by atoms with Crippen LogP contribution in [-0.4, -0.2) is 74.1 Å². The molecule has 31 heavy (non-hydrogen) atoms. The molecule has 0 radical (unpaired) electrons. The van der Waals surface area contributed by atoms with Crippen molar-refractivity contribution < 1.29 is 19.1 Å². The van der Waals surface area contributed by atoms with Gasteiger partial charge in [0.25, 0.3) is 0 Å². The Morgan fingerprint density at radius 2 is 1.90 bits per heavy atom. The summed E-state index contributed by atoms with van der Waals surface area (Å²) in [4.78, 5) is 32.2. The Balaban J connectivity index is 1.22. The van der Waals surface area contributed by atoms with Gasteiger partial charge in [0.05, 0.1) is 5.92 Å². The van der Waals surface area contributed by atoms with Crippen LogP contribution in [0.1, 0.15) is 38.5 Å². The molecule has 4 heterocycles. The summed E-state index contributed by atoms with van der Waals surface area (Å²) >= 11 is 0. The van der Waals surface area contributed by atoms with E-state index >= 15 is 0 Å². The number of carbonyl (C=O) groups excluding carboxylic acids is 2. The zero-order valence-electron chi connectivity index (χ0n) is 18.4. The number of ether oxygens (including phenoxy) is 2. The van der Waals surface area contributed by atoms with Gasteiger partial charge in [-0.25, -0.2) is 0 Å². The molecule has 1 unspecified atom stereocenters. The van der Waals surface area contributed by atoms with Crippen LogP contribution >= 0.6 is 0 Å². The van der Waals surface area contributed by atoms with Gasteiger partial charge in [0.1, 0.15) is 13.2 Å². The summed E-state index contributed by atoms with van der Waals surface area (Å²) in [5.41, 5.74) is 0.775. The molecule has 0 N–H and O–H groups in total. The minimum absolute atomic E-state index is 0.000417. The van der Waals surface area contributed by atoms with Crippen molar-refractivity contribution in [3.05, 3.63) is 18.2 Å². The Morgan fingerprint density at radius 1 is 1.10 bits per heavy atom. The van der Waals surface area contributed by atoms with Gasteiger partial charge in [-0.3, -0.25) is 9.59 Å². The highest BCUT2D eigenvalue weighted by Gasteiger charge is 2.39. The highest BCUT2D eigenvalue weighted by Crippen LogP contribution is 2.36. The van der Waals surface area contributed by atoms with E-state index in [2.05, 4.69) is 4.90 Å². The fourth-order valence-electron chi connectivity index (χ4n) is 5.87. The van der Waals surface area contributed by atoms with Gasteiger partial charge in [-0.05, 0) is 56.8 Å². The van der Waals surface area contributed by atoms with E-state index in [1.165, 1.54) is 45.2 Å². The van der Waals surface area contributed by atoms with Crippen molar-refractivity contribution in [3.8, 4) is 11.5 Å². The van der Waals surface area contributed by atoms with E-state index < -0.39 is 0 Å². The molecule has 0 saturated carbocycles. The van der Waals surface area contributed by atoms with Gasteiger partial charge in [0, 0.05) is 44.4 Å². The summed E-state index contributed by atoms with van der Waals surface area (Å²) in [5.74, 6) is 1.74. The highest BCUT2D eigenvalue weighted by atomic mass is 16.6. The molecule has 0 spiro atoms. The lowest BCUT2D eigenvalue weighted by atomic mass is 9.83. The van der Waals surface area contributed by atoms with Crippen LogP contribution in [0.2, 0.25) is 0 Å². The molecule has 0 aromatic heterocycles. The predicted molar refractivity (Wildman–Crippen MR) is 117 cm³/mol. The minimum Gasteiger partial charge on any atom is -0.486 e. The van der Waals surface area contributed by atoms with Crippen molar-refractivity contribution in [2.75, 3.05) is 51.3 Å². The molecule has 7 nitrogen and oxygen atoms in total. The van der Waals surface area contributed by atoms with Crippen molar-refractivity contribution in [1.82, 2.24) is 9.80 Å². The molecule has 3 saturated heterocycles. The van der Waals surface area contributed by atoms with Crippen LogP contribution in [0.25, 0.3) is 0 Å². The number of hydrogen-bond donors (Lipinski definition) is 0. The van der Waals surface area contributed by atoms with Crippen LogP contribution in [0.15, 0.2) is 18.2 Å². The highest BCUT2D eigenvalue weighted by molar-refractivity contribution is 6.00. The van der Waals surface area contributed by atoms with Gasteiger partial charge in [-0.15, -0.1) is 0 Å². The van der Waals surface area contributed by atoms with Gasteiger partial charge in [-0.1, -0.05) is 6.42 Å². The molecule has 2 amide bonds. The number of nitrogens with zero attached hydrogens (tertiary/aromatic N) is 3. The molecule has 1 aromatic carbocycles. The third kappa shape index (κ3) is 4.12. The van der Waals surface area contributed by atoms with Crippen LogP contribution in [0, 0.1) is 11.8 Å². The van der Waals surface area contributed by atoms with E-state index in [1.54, 1.807) is 4.90 Å². The van der Waals surface area contributed by atoms with Crippen molar-refractivity contribution in [2.45, 2.75) is 44.6 Å². The average molecular weight is 428 g/mol. The number of rotatable bonds is 4. The van der Waals surface area contributed by atoms with Gasteiger partial charge in [0.15, 0.2) is 11.5 Å². The standard InChI is InChI=1S/C24H33N3O4/c1-25(15-17-5-4-10-26-9-3-2-6-20(17)26)24(29)18-13-23(28)27(16-18)19-7-8-21-22(14-19)31-12-11-30-21/h7-8,14,17-18,20H,2-6,9-13,15-16H2,1H3/t17-,18?,20+/m0/s1. The molecule has 1 aromatic rings. The first-order chi connectivity index (χ1) is 15.1. The van der Waals surface area contributed by atoms with Gasteiger partial charge in [-0.2, -0.15) is 0 Å². The number of benzene rings is 1. The summed E-state index contributed by atoms with van der Waals surface area (Å²) in [5, 5.41) is 0. The third-order valence-electron chi connectivity index (χ3n) is 7.42. The van der Waals surface area contributed by atoms with Gasteiger partial charge in [0.2, 0.25) is 11.8 Å². The lowest BCUT2D eigenvalue weighted by Crippen LogP contribution is -2.51. The Morgan fingerprint density at radius 3 is 2.77 bits per heavy atom. The quantitative estimate of drug-likeness (QED) is 0.739. The van der Waals surface area contributed by atoms with E-state index in [4.69, 9.17) is 9.47 Å². The predicted octanol–water partition coefficient (Wildman–Crippen LogP) is 2.53. The lowest BCUT2D eigenvalue weighted by molar-refractivity contribution is -0.135. The number of hydrogen-bond acceptors (Lipinski definition) is 5. The van der Waals surface area contributed by atoms with E-state index in [1.807, 2.05) is 30.1 Å². The molecule has 4 aliphatic heterocycles. The van der Waals surface area contributed by atoms with Crippen molar-refractivity contribution in [3.63, 3.8) is 0 Å².